The molecule has 3 aliphatic rings. The van der Waals surface area contributed by atoms with Crippen LogP contribution in [0.2, 0.25) is 0 Å². The van der Waals surface area contributed by atoms with Crippen molar-refractivity contribution >= 4 is 23.2 Å². The maximum atomic E-state index is 13.6. The van der Waals surface area contributed by atoms with E-state index in [1.54, 1.807) is 17.0 Å². The average molecular weight is 373 g/mol. The second-order valence-corrected chi connectivity index (χ2v) is 8.46. The number of fused-ring (bicyclic) bond motifs is 6. The van der Waals surface area contributed by atoms with E-state index in [9.17, 15) is 9.59 Å². The van der Waals surface area contributed by atoms with Gasteiger partial charge in [-0.3, -0.25) is 9.59 Å². The average Bonchev–Trinajstić information content (AvgIpc) is 3.17. The van der Waals surface area contributed by atoms with Crippen LogP contribution in [0.25, 0.3) is 0 Å². The van der Waals surface area contributed by atoms with Crippen molar-refractivity contribution in [1.82, 2.24) is 4.90 Å². The normalized spacial score (nSPS) is 27.7. The Kier molecular flexibility index (Phi) is 3.33. The van der Waals surface area contributed by atoms with Gasteiger partial charge in [0.15, 0.2) is 0 Å². The first kappa shape index (κ1) is 17.0. The van der Waals surface area contributed by atoms with Crippen LogP contribution in [0.15, 0.2) is 61.2 Å². The Hall–Kier alpha value is -3.08. The molecule has 1 unspecified atom stereocenters. The van der Waals surface area contributed by atoms with Gasteiger partial charge < -0.3 is 15.5 Å². The van der Waals surface area contributed by atoms with Crippen molar-refractivity contribution in [2.24, 2.45) is 5.41 Å². The molecule has 5 heteroatoms. The first-order chi connectivity index (χ1) is 13.4. The van der Waals surface area contributed by atoms with Crippen molar-refractivity contribution in [1.29, 1.82) is 0 Å². The van der Waals surface area contributed by atoms with Crippen LogP contribution < -0.4 is 10.6 Å². The zero-order valence-corrected chi connectivity index (χ0v) is 16.0. The van der Waals surface area contributed by atoms with Gasteiger partial charge in [-0.2, -0.15) is 0 Å². The van der Waals surface area contributed by atoms with Gasteiger partial charge in [-0.25, -0.2) is 0 Å². The molecule has 0 saturated carbocycles. The topological polar surface area (TPSA) is 61.4 Å². The molecular weight excluding hydrogens is 350 g/mol. The number of anilines is 2. The molecule has 142 valence electrons. The molecule has 0 bridgehead atoms. The van der Waals surface area contributed by atoms with Crippen LogP contribution in [0.1, 0.15) is 36.2 Å². The monoisotopic (exact) mass is 373 g/mol. The summed E-state index contributed by atoms with van der Waals surface area (Å²) in [5, 5.41) is 6.53. The van der Waals surface area contributed by atoms with E-state index in [-0.39, 0.29) is 23.4 Å². The quantitative estimate of drug-likeness (QED) is 0.788. The zero-order valence-electron chi connectivity index (χ0n) is 16.0. The number of para-hydroxylation sites is 2. The van der Waals surface area contributed by atoms with Crippen molar-refractivity contribution in [3.8, 4) is 0 Å². The van der Waals surface area contributed by atoms with Crippen molar-refractivity contribution in [2.45, 2.75) is 37.9 Å². The zero-order chi connectivity index (χ0) is 19.7. The lowest BCUT2D eigenvalue weighted by Crippen LogP contribution is -2.53. The fraction of sp³-hybridized carbons (Fsp3) is 0.304. The Morgan fingerprint density at radius 1 is 1.11 bits per heavy atom. The van der Waals surface area contributed by atoms with Crippen molar-refractivity contribution in [2.75, 3.05) is 10.6 Å². The summed E-state index contributed by atoms with van der Waals surface area (Å²) in [6.45, 7) is 8.36. The standard InChI is InChI=1S/C23H23N3O2/c1-4-22(2,3)23-13-18-19(27)24-16-11-7-5-9-14(16)20(28)26(18)21(23)25-17-12-8-6-10-15(17)23/h4-12,18,21,25H,1,13H2,2-3H3,(H,24,27)/t18-,21?,23+/m1/s1. The summed E-state index contributed by atoms with van der Waals surface area (Å²) < 4.78 is 0. The second kappa shape index (κ2) is 5.47. The lowest BCUT2D eigenvalue weighted by molar-refractivity contribution is -0.119. The van der Waals surface area contributed by atoms with Crippen molar-refractivity contribution < 1.29 is 9.59 Å². The second-order valence-electron chi connectivity index (χ2n) is 8.46. The first-order valence-electron chi connectivity index (χ1n) is 9.63. The minimum atomic E-state index is -0.537. The van der Waals surface area contributed by atoms with E-state index in [1.165, 1.54) is 0 Å². The fourth-order valence-electron chi connectivity index (χ4n) is 5.28. The summed E-state index contributed by atoms with van der Waals surface area (Å²) in [4.78, 5) is 28.5. The number of nitrogens with one attached hydrogen (secondary N) is 2. The Bertz CT molecular complexity index is 1030. The minimum absolute atomic E-state index is 0.119. The molecule has 28 heavy (non-hydrogen) atoms. The molecule has 3 atom stereocenters. The van der Waals surface area contributed by atoms with Crippen molar-refractivity contribution in [3.63, 3.8) is 0 Å². The fourth-order valence-corrected chi connectivity index (χ4v) is 5.28. The van der Waals surface area contributed by atoms with Crippen LogP contribution in [0.3, 0.4) is 0 Å². The minimum Gasteiger partial charge on any atom is -0.364 e. The number of benzene rings is 2. The van der Waals surface area contributed by atoms with Gasteiger partial charge in [-0.15, -0.1) is 6.58 Å². The third-order valence-corrected chi connectivity index (χ3v) is 6.91. The van der Waals surface area contributed by atoms with Crippen LogP contribution in [0.5, 0.6) is 0 Å². The predicted molar refractivity (Wildman–Crippen MR) is 109 cm³/mol. The molecule has 3 aliphatic heterocycles. The molecule has 3 heterocycles. The number of amides is 2. The first-order valence-corrected chi connectivity index (χ1v) is 9.63. The summed E-state index contributed by atoms with van der Waals surface area (Å²) in [6.07, 6.45) is 2.19. The third kappa shape index (κ3) is 1.91. The molecule has 0 aromatic heterocycles. The van der Waals surface area contributed by atoms with Gasteiger partial charge in [0.1, 0.15) is 12.2 Å². The Morgan fingerprint density at radius 3 is 2.54 bits per heavy atom. The molecule has 0 aliphatic carbocycles. The van der Waals surface area contributed by atoms with Crippen LogP contribution in [0, 0.1) is 5.41 Å². The number of rotatable bonds is 2. The largest absolute Gasteiger partial charge is 0.364 e. The number of carbonyl (C=O) groups is 2. The number of hydrogen-bond acceptors (Lipinski definition) is 3. The van der Waals surface area contributed by atoms with Gasteiger partial charge in [-0.1, -0.05) is 50.3 Å². The molecule has 2 amide bonds. The van der Waals surface area contributed by atoms with E-state index in [4.69, 9.17) is 0 Å². The molecule has 0 radical (unpaired) electrons. The van der Waals surface area contributed by atoms with Crippen LogP contribution in [-0.4, -0.2) is 28.9 Å². The maximum Gasteiger partial charge on any atom is 0.258 e. The number of hydrogen-bond donors (Lipinski definition) is 2. The molecule has 2 N–H and O–H groups in total. The highest BCUT2D eigenvalue weighted by atomic mass is 16.2. The van der Waals surface area contributed by atoms with Crippen LogP contribution in [-0.2, 0) is 10.2 Å². The van der Waals surface area contributed by atoms with E-state index in [2.05, 4.69) is 37.1 Å². The number of carbonyl (C=O) groups excluding carboxylic acids is 2. The Balaban J connectivity index is 1.74. The molecular formula is C23H23N3O2. The van der Waals surface area contributed by atoms with E-state index in [0.717, 1.165) is 11.3 Å². The van der Waals surface area contributed by atoms with Gasteiger partial charge in [0.05, 0.1) is 11.3 Å². The predicted octanol–water partition coefficient (Wildman–Crippen LogP) is 3.76. The maximum absolute atomic E-state index is 13.6. The summed E-state index contributed by atoms with van der Waals surface area (Å²) in [7, 11) is 0. The van der Waals surface area contributed by atoms with Gasteiger partial charge in [0.2, 0.25) is 5.91 Å². The lowest BCUT2D eigenvalue weighted by atomic mass is 9.60. The molecule has 5 nitrogen and oxygen atoms in total. The highest BCUT2D eigenvalue weighted by Crippen LogP contribution is 2.60. The van der Waals surface area contributed by atoms with E-state index < -0.39 is 11.5 Å². The number of allylic oxidation sites excluding steroid dienone is 1. The summed E-state index contributed by atoms with van der Waals surface area (Å²) in [6, 6.07) is 14.8. The molecule has 1 fully saturated rings. The highest BCUT2D eigenvalue weighted by molar-refractivity contribution is 6.10. The SMILES string of the molecule is C=CC(C)(C)[C@]12C[C@@H]3C(=O)Nc4ccccc4C(=O)N3C1Nc1ccccc12. The van der Waals surface area contributed by atoms with Crippen LogP contribution >= 0.6 is 0 Å². The molecule has 1 saturated heterocycles. The van der Waals surface area contributed by atoms with Gasteiger partial charge in [-0.05, 0) is 35.6 Å². The molecule has 2 aromatic rings. The van der Waals surface area contributed by atoms with E-state index in [1.807, 2.05) is 36.4 Å². The summed E-state index contributed by atoms with van der Waals surface area (Å²) in [5.74, 6) is -0.253. The smallest absolute Gasteiger partial charge is 0.258 e. The molecule has 2 aromatic carbocycles. The van der Waals surface area contributed by atoms with Gasteiger partial charge in [0, 0.05) is 11.1 Å². The summed E-state index contributed by atoms with van der Waals surface area (Å²) >= 11 is 0. The Labute approximate surface area is 164 Å². The lowest BCUT2D eigenvalue weighted by Gasteiger charge is -2.43. The molecule has 5 rings (SSSR count). The van der Waals surface area contributed by atoms with E-state index >= 15 is 0 Å². The third-order valence-electron chi connectivity index (χ3n) is 6.91. The highest BCUT2D eigenvalue weighted by Gasteiger charge is 2.66. The number of nitrogens with zero attached hydrogens (tertiary/aromatic N) is 1. The summed E-state index contributed by atoms with van der Waals surface area (Å²) in [5.41, 5.74) is 2.51. The van der Waals surface area contributed by atoms with Gasteiger partial charge >= 0.3 is 0 Å². The van der Waals surface area contributed by atoms with Gasteiger partial charge in [0.25, 0.3) is 5.91 Å². The van der Waals surface area contributed by atoms with Crippen LogP contribution in [0.4, 0.5) is 11.4 Å². The van der Waals surface area contributed by atoms with Crippen molar-refractivity contribution in [3.05, 3.63) is 72.3 Å². The van der Waals surface area contributed by atoms with E-state index in [0.29, 0.717) is 17.7 Å². The molecule has 0 spiro atoms. The Morgan fingerprint density at radius 2 is 1.79 bits per heavy atom.